The zero-order valence-electron chi connectivity index (χ0n) is 18.2. The predicted octanol–water partition coefficient (Wildman–Crippen LogP) is 2.50. The number of hydrogen-bond donors (Lipinski definition) is 4. The van der Waals surface area contributed by atoms with Crippen molar-refractivity contribution < 1.29 is 29.3 Å². The minimum Gasteiger partial charge on any atom is -0.480 e. The van der Waals surface area contributed by atoms with Gasteiger partial charge in [0.25, 0.3) is 0 Å². The summed E-state index contributed by atoms with van der Waals surface area (Å²) in [5.74, 6) is -2.24. The van der Waals surface area contributed by atoms with Crippen LogP contribution in [0, 0.1) is 11.8 Å². The summed E-state index contributed by atoms with van der Waals surface area (Å²) in [5.41, 5.74) is 4.58. The second kappa shape index (κ2) is 10.0. The van der Waals surface area contributed by atoms with E-state index in [2.05, 4.69) is 34.9 Å². The van der Waals surface area contributed by atoms with Gasteiger partial charge < -0.3 is 25.6 Å². The molecule has 0 unspecified atom stereocenters. The van der Waals surface area contributed by atoms with Gasteiger partial charge in [0, 0.05) is 18.4 Å². The third kappa shape index (κ3) is 4.85. The van der Waals surface area contributed by atoms with Gasteiger partial charge in [0.2, 0.25) is 5.91 Å². The number of fused-ring (bicyclic) bond motifs is 3. The lowest BCUT2D eigenvalue weighted by Crippen LogP contribution is -2.47. The summed E-state index contributed by atoms with van der Waals surface area (Å²) in [6.45, 7) is -0.187. The Labute approximate surface area is 192 Å². The minimum atomic E-state index is -1.33. The third-order valence-electron chi connectivity index (χ3n) is 6.65. The Balaban J connectivity index is 1.31. The van der Waals surface area contributed by atoms with Crippen molar-refractivity contribution in [1.82, 2.24) is 10.6 Å². The Morgan fingerprint density at radius 3 is 2.24 bits per heavy atom. The molecular formula is C25H28N2O6. The Kier molecular flexibility index (Phi) is 6.93. The summed E-state index contributed by atoms with van der Waals surface area (Å²) in [4.78, 5) is 36.0. The molecule has 3 atom stereocenters. The third-order valence-corrected chi connectivity index (χ3v) is 6.65. The van der Waals surface area contributed by atoms with Gasteiger partial charge in [-0.2, -0.15) is 0 Å². The fourth-order valence-electron chi connectivity index (χ4n) is 4.95. The molecule has 0 saturated heterocycles. The van der Waals surface area contributed by atoms with Gasteiger partial charge in [0.1, 0.15) is 12.6 Å². The van der Waals surface area contributed by atoms with Gasteiger partial charge in [-0.15, -0.1) is 0 Å². The molecule has 8 heteroatoms. The summed E-state index contributed by atoms with van der Waals surface area (Å²) in [5, 5.41) is 23.3. The van der Waals surface area contributed by atoms with Crippen LogP contribution in [0.1, 0.15) is 36.3 Å². The van der Waals surface area contributed by atoms with Gasteiger partial charge in [-0.3, -0.25) is 4.79 Å². The number of rotatable bonds is 8. The maximum Gasteiger partial charge on any atom is 0.407 e. The van der Waals surface area contributed by atoms with Crippen LogP contribution >= 0.6 is 0 Å². The van der Waals surface area contributed by atoms with Gasteiger partial charge in [0.15, 0.2) is 0 Å². The molecule has 4 N–H and O–H groups in total. The van der Waals surface area contributed by atoms with Crippen molar-refractivity contribution in [2.75, 3.05) is 19.8 Å². The zero-order valence-corrected chi connectivity index (χ0v) is 18.2. The number of aliphatic hydroxyl groups is 1. The molecule has 0 aliphatic heterocycles. The van der Waals surface area contributed by atoms with E-state index in [1.165, 1.54) is 0 Å². The Bertz CT molecular complexity index is 994. The Morgan fingerprint density at radius 2 is 1.64 bits per heavy atom. The average Bonchev–Trinajstić information content (AvgIpc) is 3.42. The SMILES string of the molecule is O=C(NC[C@@H]1CCC[C@@H]1C(=O)N[C@H](CO)C(=O)O)OCC1c2ccccc2-c2ccccc21. The topological polar surface area (TPSA) is 125 Å². The van der Waals surface area contributed by atoms with Crippen LogP contribution in [0.2, 0.25) is 0 Å². The molecule has 2 aliphatic carbocycles. The molecule has 2 aromatic rings. The number of ether oxygens (including phenoxy) is 1. The van der Waals surface area contributed by atoms with Crippen molar-refractivity contribution in [3.05, 3.63) is 59.7 Å². The molecule has 1 fully saturated rings. The zero-order chi connectivity index (χ0) is 23.4. The first-order valence-corrected chi connectivity index (χ1v) is 11.2. The number of amides is 2. The van der Waals surface area contributed by atoms with Crippen molar-refractivity contribution in [3.8, 4) is 11.1 Å². The van der Waals surface area contributed by atoms with E-state index in [0.29, 0.717) is 6.42 Å². The maximum absolute atomic E-state index is 12.5. The molecule has 0 bridgehead atoms. The van der Waals surface area contributed by atoms with Gasteiger partial charge in [0.05, 0.1) is 6.61 Å². The first kappa shape index (κ1) is 22.8. The fourth-order valence-corrected chi connectivity index (χ4v) is 4.95. The first-order chi connectivity index (χ1) is 16.0. The van der Waals surface area contributed by atoms with Crippen molar-refractivity contribution in [3.63, 3.8) is 0 Å². The van der Waals surface area contributed by atoms with E-state index in [1.807, 2.05) is 24.3 Å². The molecule has 2 aliphatic rings. The average molecular weight is 453 g/mol. The van der Waals surface area contributed by atoms with E-state index in [0.717, 1.165) is 35.1 Å². The minimum absolute atomic E-state index is 0.0282. The van der Waals surface area contributed by atoms with E-state index in [4.69, 9.17) is 14.9 Å². The number of aliphatic carboxylic acids is 1. The molecule has 0 aromatic heterocycles. The lowest BCUT2D eigenvalue weighted by atomic mass is 9.95. The van der Waals surface area contributed by atoms with Gasteiger partial charge in [-0.1, -0.05) is 55.0 Å². The highest BCUT2D eigenvalue weighted by molar-refractivity contribution is 5.85. The van der Waals surface area contributed by atoms with Gasteiger partial charge >= 0.3 is 12.1 Å². The van der Waals surface area contributed by atoms with Crippen LogP contribution in [0.3, 0.4) is 0 Å². The lowest BCUT2D eigenvalue weighted by Gasteiger charge is -2.21. The monoisotopic (exact) mass is 452 g/mol. The summed E-state index contributed by atoms with van der Waals surface area (Å²) in [6, 6.07) is 14.9. The fraction of sp³-hybridized carbons (Fsp3) is 0.400. The summed E-state index contributed by atoms with van der Waals surface area (Å²) < 4.78 is 5.55. The van der Waals surface area contributed by atoms with Gasteiger partial charge in [-0.05, 0) is 41.0 Å². The first-order valence-electron chi connectivity index (χ1n) is 11.2. The molecule has 4 rings (SSSR count). The highest BCUT2D eigenvalue weighted by Gasteiger charge is 2.35. The van der Waals surface area contributed by atoms with Crippen molar-refractivity contribution in [1.29, 1.82) is 0 Å². The normalized spacial score (nSPS) is 19.9. The Morgan fingerprint density at radius 1 is 1.00 bits per heavy atom. The summed E-state index contributed by atoms with van der Waals surface area (Å²) >= 11 is 0. The summed E-state index contributed by atoms with van der Waals surface area (Å²) in [6.07, 6.45) is 1.63. The van der Waals surface area contributed by atoms with E-state index < -0.39 is 36.5 Å². The molecule has 2 aromatic carbocycles. The van der Waals surface area contributed by atoms with Crippen molar-refractivity contribution in [2.24, 2.45) is 11.8 Å². The molecule has 0 radical (unpaired) electrons. The predicted molar refractivity (Wildman–Crippen MR) is 121 cm³/mol. The van der Waals surface area contributed by atoms with E-state index in [1.54, 1.807) is 0 Å². The largest absolute Gasteiger partial charge is 0.480 e. The van der Waals surface area contributed by atoms with Crippen LogP contribution < -0.4 is 10.6 Å². The number of alkyl carbamates (subject to hydrolysis) is 1. The van der Waals surface area contributed by atoms with E-state index in [9.17, 15) is 14.4 Å². The molecule has 8 nitrogen and oxygen atoms in total. The number of carboxylic acids is 1. The lowest BCUT2D eigenvalue weighted by molar-refractivity contribution is -0.143. The number of benzene rings is 2. The molecule has 0 spiro atoms. The molecule has 0 heterocycles. The second-order valence-electron chi connectivity index (χ2n) is 8.59. The molecule has 2 amide bonds. The van der Waals surface area contributed by atoms with Crippen LogP contribution in [0.15, 0.2) is 48.5 Å². The standard InChI is InChI=1S/C25H28N2O6/c28-13-22(24(30)31)27-23(29)16-11-5-6-15(16)12-26-25(32)33-14-21-19-9-3-1-7-17(19)18-8-2-4-10-20(18)21/h1-4,7-10,15-16,21-22,28H,5-6,11-14H2,(H,26,32)(H,27,29)(H,30,31)/t15-,16-,22+/m0/s1. The smallest absolute Gasteiger partial charge is 0.407 e. The quantitative estimate of drug-likeness (QED) is 0.488. The summed E-state index contributed by atoms with van der Waals surface area (Å²) in [7, 11) is 0. The number of carbonyl (C=O) groups excluding carboxylic acids is 2. The van der Waals surface area contributed by atoms with Crippen LogP contribution in [-0.4, -0.2) is 54.0 Å². The molecule has 174 valence electrons. The Hall–Kier alpha value is -3.39. The molecule has 33 heavy (non-hydrogen) atoms. The van der Waals surface area contributed by atoms with Crippen LogP contribution in [-0.2, 0) is 14.3 Å². The van der Waals surface area contributed by atoms with Crippen molar-refractivity contribution in [2.45, 2.75) is 31.2 Å². The van der Waals surface area contributed by atoms with E-state index >= 15 is 0 Å². The van der Waals surface area contributed by atoms with E-state index in [-0.39, 0.29) is 25.0 Å². The highest BCUT2D eigenvalue weighted by atomic mass is 16.5. The van der Waals surface area contributed by atoms with Crippen LogP contribution in [0.25, 0.3) is 11.1 Å². The highest BCUT2D eigenvalue weighted by Crippen LogP contribution is 2.44. The number of nitrogens with one attached hydrogen (secondary N) is 2. The number of hydrogen-bond acceptors (Lipinski definition) is 5. The second-order valence-corrected chi connectivity index (χ2v) is 8.59. The maximum atomic E-state index is 12.5. The number of carbonyl (C=O) groups is 3. The van der Waals surface area contributed by atoms with Crippen molar-refractivity contribution >= 4 is 18.0 Å². The molecular weight excluding hydrogens is 424 g/mol. The van der Waals surface area contributed by atoms with Gasteiger partial charge in [-0.25, -0.2) is 9.59 Å². The molecule has 1 saturated carbocycles. The van der Waals surface area contributed by atoms with Crippen LogP contribution in [0.5, 0.6) is 0 Å². The van der Waals surface area contributed by atoms with Crippen LogP contribution in [0.4, 0.5) is 4.79 Å². The number of aliphatic hydroxyl groups excluding tert-OH is 1. The number of carboxylic acid groups (broad SMARTS) is 1.